The molecule has 1 aliphatic heterocycles. The Morgan fingerprint density at radius 3 is 2.21 bits per heavy atom. The number of rotatable bonds is 2. The lowest BCUT2D eigenvalue weighted by Gasteiger charge is -2.31. The second-order valence-corrected chi connectivity index (χ2v) is 4.40. The van der Waals surface area contributed by atoms with E-state index in [1.807, 2.05) is 4.90 Å². The number of carbonyl (C=O) groups is 1. The van der Waals surface area contributed by atoms with Gasteiger partial charge in [0.2, 0.25) is 5.91 Å². The normalized spacial score (nSPS) is 29.0. The first-order chi connectivity index (χ1) is 6.45. The van der Waals surface area contributed by atoms with E-state index in [0.29, 0.717) is 25.9 Å². The van der Waals surface area contributed by atoms with Crippen molar-refractivity contribution in [1.82, 2.24) is 4.90 Å². The number of piperidine rings is 1. The molecule has 14 heavy (non-hydrogen) atoms. The zero-order valence-electron chi connectivity index (χ0n) is 7.93. The van der Waals surface area contributed by atoms with Crippen molar-refractivity contribution in [1.29, 1.82) is 0 Å². The minimum Gasteiger partial charge on any atom is -0.369 e. The summed E-state index contributed by atoms with van der Waals surface area (Å²) in [6.45, 7) is 1.33. The first-order valence-corrected chi connectivity index (χ1v) is 4.84. The number of nitrogens with two attached hydrogens (primary N) is 1. The molecule has 1 saturated heterocycles. The van der Waals surface area contributed by atoms with Crippen LogP contribution in [0, 0.1) is 5.41 Å². The molecule has 2 N–H and O–H groups in total. The van der Waals surface area contributed by atoms with Crippen LogP contribution in [0.15, 0.2) is 0 Å². The van der Waals surface area contributed by atoms with E-state index in [-0.39, 0.29) is 18.9 Å². The molecule has 1 heterocycles. The van der Waals surface area contributed by atoms with E-state index < -0.39 is 11.3 Å². The van der Waals surface area contributed by atoms with Gasteiger partial charge >= 0.3 is 0 Å². The Labute approximate surface area is 81.2 Å². The van der Waals surface area contributed by atoms with Crippen LogP contribution in [0.2, 0.25) is 0 Å². The fourth-order valence-corrected chi connectivity index (χ4v) is 2.28. The lowest BCUT2D eigenvalue weighted by Crippen LogP contribution is -2.41. The number of nitrogens with zero attached hydrogens (tertiary/aromatic N) is 1. The van der Waals surface area contributed by atoms with Crippen molar-refractivity contribution in [3.63, 3.8) is 0 Å². The largest absolute Gasteiger partial charge is 0.369 e. The molecule has 0 bridgehead atoms. The van der Waals surface area contributed by atoms with Gasteiger partial charge in [-0.2, -0.15) is 0 Å². The van der Waals surface area contributed by atoms with E-state index in [4.69, 9.17) is 5.73 Å². The Balaban J connectivity index is 1.85. The monoisotopic (exact) mass is 204 g/mol. The summed E-state index contributed by atoms with van der Waals surface area (Å²) in [5.41, 5.74) is 4.30. The summed E-state index contributed by atoms with van der Waals surface area (Å²) in [4.78, 5) is 12.5. The van der Waals surface area contributed by atoms with Crippen LogP contribution in [0.3, 0.4) is 0 Å². The standard InChI is InChI=1S/C9H14F2N2O/c10-9(11)6-8(9)1-3-13(4-2-8)5-7(12)14/h1-6H2,(H2,12,14). The summed E-state index contributed by atoms with van der Waals surface area (Å²) < 4.78 is 25.9. The van der Waals surface area contributed by atoms with Crippen molar-refractivity contribution in [2.24, 2.45) is 11.1 Å². The fourth-order valence-electron chi connectivity index (χ4n) is 2.28. The molecular weight excluding hydrogens is 190 g/mol. The van der Waals surface area contributed by atoms with Gasteiger partial charge in [-0.15, -0.1) is 0 Å². The lowest BCUT2D eigenvalue weighted by atomic mass is 9.93. The molecule has 1 aliphatic carbocycles. The summed E-state index contributed by atoms with van der Waals surface area (Å²) in [5, 5.41) is 0. The summed E-state index contributed by atoms with van der Waals surface area (Å²) in [6, 6.07) is 0. The van der Waals surface area contributed by atoms with Gasteiger partial charge in [-0.3, -0.25) is 9.69 Å². The van der Waals surface area contributed by atoms with E-state index in [1.165, 1.54) is 0 Å². The minimum absolute atomic E-state index is 0.0322. The van der Waals surface area contributed by atoms with Crippen molar-refractivity contribution in [2.75, 3.05) is 19.6 Å². The van der Waals surface area contributed by atoms with E-state index in [2.05, 4.69) is 0 Å². The zero-order valence-corrected chi connectivity index (χ0v) is 7.93. The van der Waals surface area contributed by atoms with Gasteiger partial charge in [0.15, 0.2) is 0 Å². The van der Waals surface area contributed by atoms with Crippen molar-refractivity contribution in [3.05, 3.63) is 0 Å². The van der Waals surface area contributed by atoms with Crippen LogP contribution in [0.4, 0.5) is 8.78 Å². The first kappa shape index (κ1) is 9.83. The average Bonchev–Trinajstić information content (AvgIpc) is 2.58. The van der Waals surface area contributed by atoms with E-state index >= 15 is 0 Å². The molecular formula is C9H14F2N2O. The topological polar surface area (TPSA) is 46.3 Å². The maximum absolute atomic E-state index is 13.0. The number of halogens is 2. The van der Waals surface area contributed by atoms with Crippen molar-refractivity contribution in [2.45, 2.75) is 25.2 Å². The SMILES string of the molecule is NC(=O)CN1CCC2(CC1)CC2(F)F. The quantitative estimate of drug-likeness (QED) is 0.715. The van der Waals surface area contributed by atoms with Gasteiger partial charge in [-0.25, -0.2) is 8.78 Å². The summed E-state index contributed by atoms with van der Waals surface area (Å²) in [6.07, 6.45) is 1.02. The molecule has 80 valence electrons. The highest BCUT2D eigenvalue weighted by atomic mass is 19.3. The third kappa shape index (κ3) is 1.49. The van der Waals surface area contributed by atoms with Crippen LogP contribution in [0.5, 0.6) is 0 Å². The molecule has 0 unspecified atom stereocenters. The van der Waals surface area contributed by atoms with Gasteiger partial charge in [0.05, 0.1) is 6.54 Å². The molecule has 2 aliphatic rings. The smallest absolute Gasteiger partial charge is 0.254 e. The Morgan fingerprint density at radius 2 is 1.86 bits per heavy atom. The fraction of sp³-hybridized carbons (Fsp3) is 0.889. The summed E-state index contributed by atoms with van der Waals surface area (Å²) in [7, 11) is 0. The third-order valence-electron chi connectivity index (χ3n) is 3.40. The summed E-state index contributed by atoms with van der Waals surface area (Å²) in [5.74, 6) is -2.84. The predicted molar refractivity (Wildman–Crippen MR) is 46.9 cm³/mol. The predicted octanol–water partition coefficient (Wildman–Crippen LogP) is 0.593. The molecule has 0 aromatic heterocycles. The van der Waals surface area contributed by atoms with Crippen molar-refractivity contribution < 1.29 is 13.6 Å². The molecule has 0 atom stereocenters. The number of hydrogen-bond donors (Lipinski definition) is 1. The number of primary amides is 1. The maximum Gasteiger partial charge on any atom is 0.254 e. The van der Waals surface area contributed by atoms with Crippen LogP contribution in [0.25, 0.3) is 0 Å². The number of alkyl halides is 2. The second-order valence-electron chi connectivity index (χ2n) is 4.40. The van der Waals surface area contributed by atoms with Crippen molar-refractivity contribution >= 4 is 5.91 Å². The number of likely N-dealkylation sites (tertiary alicyclic amines) is 1. The molecule has 2 fully saturated rings. The van der Waals surface area contributed by atoms with Crippen LogP contribution in [-0.4, -0.2) is 36.4 Å². The Bertz CT molecular complexity index is 260. The van der Waals surface area contributed by atoms with E-state index in [9.17, 15) is 13.6 Å². The van der Waals surface area contributed by atoms with Gasteiger partial charge in [0.1, 0.15) is 0 Å². The maximum atomic E-state index is 13.0. The number of amides is 1. The van der Waals surface area contributed by atoms with Gasteiger partial charge in [-0.05, 0) is 25.9 Å². The highest BCUT2D eigenvalue weighted by Crippen LogP contribution is 2.65. The molecule has 1 saturated carbocycles. The third-order valence-corrected chi connectivity index (χ3v) is 3.40. The van der Waals surface area contributed by atoms with Crippen LogP contribution < -0.4 is 5.73 Å². The van der Waals surface area contributed by atoms with Crippen LogP contribution >= 0.6 is 0 Å². The van der Waals surface area contributed by atoms with Gasteiger partial charge in [-0.1, -0.05) is 0 Å². The molecule has 2 rings (SSSR count). The average molecular weight is 204 g/mol. The van der Waals surface area contributed by atoms with Gasteiger partial charge < -0.3 is 5.73 Å². The number of hydrogen-bond acceptors (Lipinski definition) is 2. The molecule has 0 aromatic rings. The zero-order chi connectivity index (χ0) is 10.4. The van der Waals surface area contributed by atoms with Crippen LogP contribution in [0.1, 0.15) is 19.3 Å². The molecule has 1 spiro atoms. The van der Waals surface area contributed by atoms with Crippen LogP contribution in [-0.2, 0) is 4.79 Å². The van der Waals surface area contributed by atoms with Gasteiger partial charge in [0.25, 0.3) is 5.92 Å². The van der Waals surface area contributed by atoms with E-state index in [1.54, 1.807) is 0 Å². The molecule has 0 radical (unpaired) electrons. The minimum atomic E-state index is -2.45. The summed E-state index contributed by atoms with van der Waals surface area (Å²) >= 11 is 0. The van der Waals surface area contributed by atoms with E-state index in [0.717, 1.165) is 0 Å². The molecule has 3 nitrogen and oxygen atoms in total. The molecule has 0 aromatic carbocycles. The lowest BCUT2D eigenvalue weighted by molar-refractivity contribution is -0.119. The Morgan fingerprint density at radius 1 is 1.36 bits per heavy atom. The van der Waals surface area contributed by atoms with Crippen molar-refractivity contribution in [3.8, 4) is 0 Å². The molecule has 5 heteroatoms. The Hall–Kier alpha value is -0.710. The molecule has 1 amide bonds. The Kier molecular flexibility index (Phi) is 2.03. The number of carbonyl (C=O) groups excluding carboxylic acids is 1. The highest BCUT2D eigenvalue weighted by Gasteiger charge is 2.70. The van der Waals surface area contributed by atoms with Gasteiger partial charge in [0, 0.05) is 11.8 Å². The second kappa shape index (κ2) is 2.89. The highest BCUT2D eigenvalue weighted by molar-refractivity contribution is 5.75. The first-order valence-electron chi connectivity index (χ1n) is 4.84.